The maximum Gasteiger partial charge on any atom is 0.573 e. The summed E-state index contributed by atoms with van der Waals surface area (Å²) in [5.41, 5.74) is 0.789. The molecule has 3 saturated heterocycles. The van der Waals surface area contributed by atoms with Crippen molar-refractivity contribution in [3.05, 3.63) is 29.8 Å². The molecule has 156 valence electrons. The van der Waals surface area contributed by atoms with Crippen molar-refractivity contribution in [2.75, 3.05) is 19.7 Å². The molecule has 0 aromatic heterocycles. The van der Waals surface area contributed by atoms with Crippen LogP contribution in [0, 0.1) is 0 Å². The van der Waals surface area contributed by atoms with Gasteiger partial charge in [-0.05, 0) is 43.6 Å². The lowest BCUT2D eigenvalue weighted by Gasteiger charge is -2.45. The SMILES string of the molecule is O[C@H]1[C@H](NCc2ccc(OC(F)(F)F)cc2)[C@H]2CO[C@H](O2)[C@@H]1N1CCCCC1. The number of hydrogen-bond donors (Lipinski definition) is 2. The first-order valence-corrected chi connectivity index (χ1v) is 9.68. The fraction of sp³-hybridized carbons (Fsp3) is 0.684. The molecule has 3 aliphatic rings. The van der Waals surface area contributed by atoms with Gasteiger partial charge in [-0.2, -0.15) is 0 Å². The number of rotatable bonds is 5. The molecule has 0 unspecified atom stereocenters. The average Bonchev–Trinajstić information content (AvgIpc) is 3.07. The number of alkyl halides is 3. The van der Waals surface area contributed by atoms with Crippen LogP contribution in [0.5, 0.6) is 5.75 Å². The van der Waals surface area contributed by atoms with Crippen LogP contribution in [0.15, 0.2) is 24.3 Å². The minimum absolute atomic E-state index is 0.209. The van der Waals surface area contributed by atoms with Crippen LogP contribution < -0.4 is 10.1 Å². The molecule has 2 bridgehead atoms. The lowest BCUT2D eigenvalue weighted by atomic mass is 9.93. The van der Waals surface area contributed by atoms with E-state index in [2.05, 4.69) is 15.0 Å². The summed E-state index contributed by atoms with van der Waals surface area (Å²) in [6.07, 6.45) is -2.59. The second-order valence-corrected chi connectivity index (χ2v) is 7.55. The molecule has 0 aliphatic carbocycles. The van der Waals surface area contributed by atoms with Gasteiger partial charge in [0.1, 0.15) is 11.9 Å². The normalized spacial score (nSPS) is 33.8. The van der Waals surface area contributed by atoms with Crippen LogP contribution >= 0.6 is 0 Å². The number of nitrogens with one attached hydrogen (secondary N) is 1. The van der Waals surface area contributed by atoms with Gasteiger partial charge < -0.3 is 24.6 Å². The van der Waals surface area contributed by atoms with Gasteiger partial charge in [-0.15, -0.1) is 13.2 Å². The summed E-state index contributed by atoms with van der Waals surface area (Å²) in [4.78, 5) is 2.25. The topological polar surface area (TPSA) is 63.2 Å². The fourth-order valence-corrected chi connectivity index (χ4v) is 4.30. The number of halogens is 3. The summed E-state index contributed by atoms with van der Waals surface area (Å²) in [6.45, 7) is 2.65. The van der Waals surface area contributed by atoms with Gasteiger partial charge in [0.2, 0.25) is 0 Å². The summed E-state index contributed by atoms with van der Waals surface area (Å²) in [6, 6.07) is 5.18. The third kappa shape index (κ3) is 4.44. The fourth-order valence-electron chi connectivity index (χ4n) is 4.30. The van der Waals surface area contributed by atoms with E-state index in [-0.39, 0.29) is 23.9 Å². The van der Waals surface area contributed by atoms with Crippen molar-refractivity contribution in [2.45, 2.75) is 62.8 Å². The Morgan fingerprint density at radius 2 is 1.86 bits per heavy atom. The van der Waals surface area contributed by atoms with Gasteiger partial charge in [-0.3, -0.25) is 4.90 Å². The molecular weight excluding hydrogens is 377 g/mol. The predicted octanol–water partition coefficient (Wildman–Crippen LogP) is 2.01. The lowest BCUT2D eigenvalue weighted by Crippen LogP contribution is -2.64. The molecule has 3 fully saturated rings. The quantitative estimate of drug-likeness (QED) is 0.786. The summed E-state index contributed by atoms with van der Waals surface area (Å²) < 4.78 is 52.4. The largest absolute Gasteiger partial charge is 0.573 e. The number of nitrogens with zero attached hydrogens (tertiary/aromatic N) is 1. The third-order valence-corrected chi connectivity index (χ3v) is 5.64. The molecule has 9 heteroatoms. The van der Waals surface area contributed by atoms with E-state index in [0.717, 1.165) is 31.5 Å². The molecule has 0 amide bonds. The molecule has 4 rings (SSSR count). The van der Waals surface area contributed by atoms with Crippen molar-refractivity contribution in [2.24, 2.45) is 0 Å². The Bertz CT molecular complexity index is 652. The lowest BCUT2D eigenvalue weighted by molar-refractivity contribution is -0.274. The highest BCUT2D eigenvalue weighted by molar-refractivity contribution is 5.27. The van der Waals surface area contributed by atoms with Crippen LogP contribution in [0.3, 0.4) is 0 Å². The number of aliphatic hydroxyl groups is 1. The van der Waals surface area contributed by atoms with Crippen LogP contribution in [0.25, 0.3) is 0 Å². The van der Waals surface area contributed by atoms with E-state index in [1.165, 1.54) is 18.6 Å². The highest BCUT2D eigenvalue weighted by Gasteiger charge is 2.51. The monoisotopic (exact) mass is 402 g/mol. The molecule has 3 heterocycles. The van der Waals surface area contributed by atoms with Gasteiger partial charge in [-0.25, -0.2) is 0 Å². The zero-order valence-electron chi connectivity index (χ0n) is 15.4. The highest BCUT2D eigenvalue weighted by atomic mass is 19.4. The van der Waals surface area contributed by atoms with Crippen LogP contribution in [-0.2, 0) is 16.0 Å². The molecule has 6 nitrogen and oxygen atoms in total. The van der Waals surface area contributed by atoms with Crippen molar-refractivity contribution in [1.29, 1.82) is 0 Å². The first-order chi connectivity index (χ1) is 13.4. The summed E-state index contributed by atoms with van der Waals surface area (Å²) in [5, 5.41) is 14.3. The maximum atomic E-state index is 12.3. The second kappa shape index (κ2) is 8.16. The van der Waals surface area contributed by atoms with Crippen LogP contribution in [0.2, 0.25) is 0 Å². The van der Waals surface area contributed by atoms with E-state index in [9.17, 15) is 18.3 Å². The zero-order chi connectivity index (χ0) is 19.7. The van der Waals surface area contributed by atoms with Crippen molar-refractivity contribution in [3.63, 3.8) is 0 Å². The number of hydrogen-bond acceptors (Lipinski definition) is 6. The Morgan fingerprint density at radius 3 is 2.54 bits per heavy atom. The molecule has 1 aromatic rings. The van der Waals surface area contributed by atoms with Gasteiger partial charge >= 0.3 is 6.36 Å². The average molecular weight is 402 g/mol. The number of likely N-dealkylation sites (tertiary alicyclic amines) is 1. The van der Waals surface area contributed by atoms with Gasteiger partial charge in [0.25, 0.3) is 0 Å². The summed E-state index contributed by atoms with van der Waals surface area (Å²) in [7, 11) is 0. The van der Waals surface area contributed by atoms with Crippen molar-refractivity contribution >= 4 is 0 Å². The number of piperidine rings is 1. The standard InChI is InChI=1S/C19H25F3N2O4/c20-19(21,22)28-13-6-4-12(5-7-13)10-23-15-14-11-26-18(27-14)16(17(15)25)24-8-2-1-3-9-24/h4-7,14-18,23,25H,1-3,8-11H2/t14-,15-,16-,17+,18-/m1/s1. The molecule has 3 aliphatic heterocycles. The molecule has 5 atom stereocenters. The molecular formula is C19H25F3N2O4. The zero-order valence-corrected chi connectivity index (χ0v) is 15.4. The Morgan fingerprint density at radius 1 is 1.14 bits per heavy atom. The Hall–Kier alpha value is -1.39. The minimum atomic E-state index is -4.70. The third-order valence-electron chi connectivity index (χ3n) is 5.64. The van der Waals surface area contributed by atoms with Crippen LogP contribution in [0.4, 0.5) is 13.2 Å². The Kier molecular flexibility index (Phi) is 5.80. The van der Waals surface area contributed by atoms with Gasteiger partial charge in [0.15, 0.2) is 6.29 Å². The molecule has 28 heavy (non-hydrogen) atoms. The number of benzene rings is 1. The van der Waals surface area contributed by atoms with E-state index in [0.29, 0.717) is 13.2 Å². The molecule has 0 saturated carbocycles. The Balaban J connectivity index is 1.38. The summed E-state index contributed by atoms with van der Waals surface area (Å²) >= 11 is 0. The van der Waals surface area contributed by atoms with Crippen molar-refractivity contribution in [3.8, 4) is 5.75 Å². The van der Waals surface area contributed by atoms with Gasteiger partial charge in [0, 0.05) is 6.54 Å². The molecule has 0 radical (unpaired) electrons. The molecule has 2 N–H and O–H groups in total. The molecule has 0 spiro atoms. The first kappa shape index (κ1) is 19.9. The van der Waals surface area contributed by atoms with Gasteiger partial charge in [-0.1, -0.05) is 18.6 Å². The minimum Gasteiger partial charge on any atom is -0.406 e. The van der Waals surface area contributed by atoms with E-state index >= 15 is 0 Å². The Labute approximate surface area is 161 Å². The molecule has 1 aromatic carbocycles. The first-order valence-electron chi connectivity index (χ1n) is 9.68. The summed E-state index contributed by atoms with van der Waals surface area (Å²) in [5.74, 6) is -0.255. The van der Waals surface area contributed by atoms with Crippen molar-refractivity contribution in [1.82, 2.24) is 10.2 Å². The number of fused-ring (bicyclic) bond motifs is 2. The van der Waals surface area contributed by atoms with Crippen LogP contribution in [0.1, 0.15) is 24.8 Å². The maximum absolute atomic E-state index is 12.3. The van der Waals surface area contributed by atoms with Crippen molar-refractivity contribution < 1.29 is 32.5 Å². The van der Waals surface area contributed by atoms with E-state index in [4.69, 9.17) is 9.47 Å². The van der Waals surface area contributed by atoms with E-state index in [1.807, 2.05) is 0 Å². The predicted molar refractivity (Wildman–Crippen MR) is 93.6 cm³/mol. The smallest absolute Gasteiger partial charge is 0.406 e. The second-order valence-electron chi connectivity index (χ2n) is 7.55. The number of ether oxygens (including phenoxy) is 3. The van der Waals surface area contributed by atoms with E-state index in [1.54, 1.807) is 12.1 Å². The van der Waals surface area contributed by atoms with E-state index < -0.39 is 18.8 Å². The number of aliphatic hydroxyl groups excluding tert-OH is 1. The highest BCUT2D eigenvalue weighted by Crippen LogP contribution is 2.33. The van der Waals surface area contributed by atoms with Crippen LogP contribution in [-0.4, -0.2) is 66.6 Å². The van der Waals surface area contributed by atoms with Gasteiger partial charge in [0.05, 0.1) is 24.8 Å².